The molecule has 5 nitrogen and oxygen atoms in total. The molecule has 1 aromatic carbocycles. The lowest BCUT2D eigenvalue weighted by Gasteiger charge is -2.54. The van der Waals surface area contributed by atoms with E-state index in [1.54, 1.807) is 10.7 Å². The standard InChI is InChI=1S/C19H23N3O2/c1-12(2)22-18(19(23)24)11-17(20-22)13-6-8-14(9-7-13)21-15-4-3-5-16(21)10-15/h6-9,11-12,15-16H,3-5,10H2,1-2H3,(H,23,24)/t15-,16?/m0/s1. The van der Waals surface area contributed by atoms with Crippen LogP contribution in [0.1, 0.15) is 56.1 Å². The quantitative estimate of drug-likeness (QED) is 0.924. The highest BCUT2D eigenvalue weighted by Gasteiger charge is 2.41. The van der Waals surface area contributed by atoms with Gasteiger partial charge in [-0.05, 0) is 57.7 Å². The van der Waals surface area contributed by atoms with E-state index in [1.165, 1.54) is 31.4 Å². The second-order valence-electron chi connectivity index (χ2n) is 7.19. The van der Waals surface area contributed by atoms with Crippen LogP contribution in [0.4, 0.5) is 5.69 Å². The van der Waals surface area contributed by atoms with Gasteiger partial charge in [-0.15, -0.1) is 0 Å². The highest BCUT2D eigenvalue weighted by atomic mass is 16.4. The summed E-state index contributed by atoms with van der Waals surface area (Å²) in [5.74, 6) is -0.938. The third kappa shape index (κ3) is 2.39. The van der Waals surface area contributed by atoms with Crippen LogP contribution in [-0.4, -0.2) is 32.9 Å². The first kappa shape index (κ1) is 15.2. The molecule has 0 aliphatic carbocycles. The molecule has 2 aliphatic heterocycles. The van der Waals surface area contributed by atoms with Crippen molar-refractivity contribution in [1.82, 2.24) is 9.78 Å². The number of rotatable bonds is 4. The zero-order valence-corrected chi connectivity index (χ0v) is 14.1. The van der Waals surface area contributed by atoms with Gasteiger partial charge in [-0.2, -0.15) is 5.10 Å². The molecule has 0 spiro atoms. The minimum Gasteiger partial charge on any atom is -0.477 e. The molecule has 1 N–H and O–H groups in total. The third-order valence-electron chi connectivity index (χ3n) is 5.31. The van der Waals surface area contributed by atoms with Gasteiger partial charge in [-0.3, -0.25) is 4.68 Å². The smallest absolute Gasteiger partial charge is 0.354 e. The fourth-order valence-electron chi connectivity index (χ4n) is 4.12. The Hall–Kier alpha value is -2.30. The molecule has 2 atom stereocenters. The first-order valence-electron chi connectivity index (χ1n) is 8.76. The van der Waals surface area contributed by atoms with Crippen LogP contribution in [0.25, 0.3) is 11.3 Å². The SMILES string of the molecule is CC(C)n1nc(-c2ccc(N3C4CCC[C@H]3C4)cc2)cc1C(=O)O. The van der Waals surface area contributed by atoms with Crippen LogP contribution in [0.3, 0.4) is 0 Å². The monoisotopic (exact) mass is 325 g/mol. The molecule has 1 unspecified atom stereocenters. The molecule has 2 aromatic rings. The molecule has 2 aliphatic rings. The van der Waals surface area contributed by atoms with Gasteiger partial charge in [-0.1, -0.05) is 12.1 Å². The molecule has 1 aromatic heterocycles. The number of piperidine rings is 1. The van der Waals surface area contributed by atoms with Crippen molar-refractivity contribution in [2.75, 3.05) is 4.90 Å². The number of aromatic nitrogens is 2. The van der Waals surface area contributed by atoms with Crippen LogP contribution in [0.5, 0.6) is 0 Å². The molecule has 5 heteroatoms. The number of carboxylic acid groups (broad SMARTS) is 1. The van der Waals surface area contributed by atoms with E-state index >= 15 is 0 Å². The Morgan fingerprint density at radius 1 is 1.21 bits per heavy atom. The van der Waals surface area contributed by atoms with E-state index in [2.05, 4.69) is 34.3 Å². The molecule has 0 saturated carbocycles. The van der Waals surface area contributed by atoms with Gasteiger partial charge in [0.15, 0.2) is 0 Å². The first-order valence-corrected chi connectivity index (χ1v) is 8.76. The molecule has 2 fully saturated rings. The van der Waals surface area contributed by atoms with Crippen molar-refractivity contribution in [2.24, 2.45) is 0 Å². The maximum atomic E-state index is 11.4. The summed E-state index contributed by atoms with van der Waals surface area (Å²) < 4.78 is 1.57. The maximum absolute atomic E-state index is 11.4. The summed E-state index contributed by atoms with van der Waals surface area (Å²) in [4.78, 5) is 13.9. The molecule has 126 valence electrons. The molecular weight excluding hydrogens is 302 g/mol. The Labute approximate surface area is 141 Å². The van der Waals surface area contributed by atoms with E-state index in [1.807, 2.05) is 13.8 Å². The fraction of sp³-hybridized carbons (Fsp3) is 0.474. The molecule has 2 saturated heterocycles. The predicted molar refractivity (Wildman–Crippen MR) is 93.5 cm³/mol. The van der Waals surface area contributed by atoms with E-state index in [0.717, 1.165) is 11.3 Å². The number of carboxylic acids is 1. The molecule has 4 rings (SSSR count). The zero-order valence-electron chi connectivity index (χ0n) is 14.1. The highest BCUT2D eigenvalue weighted by Crippen LogP contribution is 2.41. The molecule has 0 amide bonds. The number of anilines is 1. The normalized spacial score (nSPS) is 22.5. The van der Waals surface area contributed by atoms with Crippen molar-refractivity contribution in [2.45, 2.75) is 57.7 Å². The van der Waals surface area contributed by atoms with Crippen molar-refractivity contribution in [3.63, 3.8) is 0 Å². The van der Waals surface area contributed by atoms with Crippen LogP contribution in [0.2, 0.25) is 0 Å². The van der Waals surface area contributed by atoms with Gasteiger partial charge >= 0.3 is 5.97 Å². The van der Waals surface area contributed by atoms with Crippen molar-refractivity contribution >= 4 is 11.7 Å². The van der Waals surface area contributed by atoms with Gasteiger partial charge in [0.1, 0.15) is 5.69 Å². The summed E-state index contributed by atoms with van der Waals surface area (Å²) in [5, 5.41) is 13.8. The summed E-state index contributed by atoms with van der Waals surface area (Å²) in [7, 11) is 0. The minimum atomic E-state index is -0.938. The lowest BCUT2D eigenvalue weighted by molar-refractivity contribution is 0.0681. The number of hydrogen-bond donors (Lipinski definition) is 1. The summed E-state index contributed by atoms with van der Waals surface area (Å²) in [6.07, 6.45) is 5.30. The van der Waals surface area contributed by atoms with E-state index in [-0.39, 0.29) is 11.7 Å². The number of carbonyl (C=O) groups is 1. The van der Waals surface area contributed by atoms with E-state index in [4.69, 9.17) is 0 Å². The van der Waals surface area contributed by atoms with Crippen molar-refractivity contribution in [3.05, 3.63) is 36.0 Å². The molecule has 0 radical (unpaired) electrons. The van der Waals surface area contributed by atoms with Crippen LogP contribution in [0.15, 0.2) is 30.3 Å². The summed E-state index contributed by atoms with van der Waals surface area (Å²) >= 11 is 0. The summed E-state index contributed by atoms with van der Waals surface area (Å²) in [5.41, 5.74) is 3.20. The number of benzene rings is 1. The first-order chi connectivity index (χ1) is 11.5. The molecular formula is C19H23N3O2. The lowest BCUT2D eigenvalue weighted by Crippen LogP contribution is -2.59. The number of aromatic carboxylic acids is 1. The molecule has 2 bridgehead atoms. The van der Waals surface area contributed by atoms with Crippen molar-refractivity contribution in [3.8, 4) is 11.3 Å². The Morgan fingerprint density at radius 3 is 2.38 bits per heavy atom. The Balaban J connectivity index is 1.61. The zero-order chi connectivity index (χ0) is 16.8. The second kappa shape index (κ2) is 5.65. The van der Waals surface area contributed by atoms with Gasteiger partial charge in [-0.25, -0.2) is 4.79 Å². The van der Waals surface area contributed by atoms with Gasteiger partial charge in [0.05, 0.1) is 5.69 Å². The topological polar surface area (TPSA) is 58.4 Å². The largest absolute Gasteiger partial charge is 0.477 e. The summed E-state index contributed by atoms with van der Waals surface area (Å²) in [6.45, 7) is 3.88. The average Bonchev–Trinajstić information content (AvgIpc) is 3.02. The second-order valence-corrected chi connectivity index (χ2v) is 7.19. The fourth-order valence-corrected chi connectivity index (χ4v) is 4.12. The number of nitrogens with zero attached hydrogens (tertiary/aromatic N) is 3. The highest BCUT2D eigenvalue weighted by molar-refractivity contribution is 5.87. The third-order valence-corrected chi connectivity index (χ3v) is 5.31. The van der Waals surface area contributed by atoms with Crippen LogP contribution in [-0.2, 0) is 0 Å². The number of fused-ring (bicyclic) bond motifs is 2. The predicted octanol–water partition coefficient (Wildman–Crippen LogP) is 3.96. The van der Waals surface area contributed by atoms with E-state index in [0.29, 0.717) is 12.1 Å². The Bertz CT molecular complexity index is 749. The number of hydrogen-bond acceptors (Lipinski definition) is 3. The van der Waals surface area contributed by atoms with Gasteiger partial charge in [0.2, 0.25) is 0 Å². The summed E-state index contributed by atoms with van der Waals surface area (Å²) in [6, 6.07) is 11.5. The molecule has 24 heavy (non-hydrogen) atoms. The maximum Gasteiger partial charge on any atom is 0.354 e. The van der Waals surface area contributed by atoms with Gasteiger partial charge in [0, 0.05) is 29.4 Å². The van der Waals surface area contributed by atoms with Gasteiger partial charge in [0.25, 0.3) is 0 Å². The average molecular weight is 325 g/mol. The van der Waals surface area contributed by atoms with Crippen molar-refractivity contribution < 1.29 is 9.90 Å². The van der Waals surface area contributed by atoms with Crippen molar-refractivity contribution in [1.29, 1.82) is 0 Å². The Morgan fingerprint density at radius 2 is 1.88 bits per heavy atom. The Kier molecular flexibility index (Phi) is 3.59. The van der Waals surface area contributed by atoms with E-state index in [9.17, 15) is 9.90 Å². The lowest BCUT2D eigenvalue weighted by atomic mass is 9.79. The molecule has 3 heterocycles. The minimum absolute atomic E-state index is 0.0181. The van der Waals surface area contributed by atoms with E-state index < -0.39 is 5.97 Å². The van der Waals surface area contributed by atoms with Crippen LogP contribution < -0.4 is 4.90 Å². The van der Waals surface area contributed by atoms with Gasteiger partial charge < -0.3 is 10.0 Å². The van der Waals surface area contributed by atoms with Crippen LogP contribution in [0, 0.1) is 0 Å². The van der Waals surface area contributed by atoms with Crippen LogP contribution >= 0.6 is 0 Å².